The first kappa shape index (κ1) is 14.3. The Labute approximate surface area is 134 Å². The first-order valence-electron chi connectivity index (χ1n) is 7.86. The van der Waals surface area contributed by atoms with E-state index in [1.54, 1.807) is 18.0 Å². The highest BCUT2D eigenvalue weighted by atomic mass is 16.5. The van der Waals surface area contributed by atoms with Crippen LogP contribution in [0, 0.1) is 0 Å². The predicted molar refractivity (Wildman–Crippen MR) is 84.5 cm³/mol. The maximum Gasteiger partial charge on any atom is 0.190 e. The van der Waals surface area contributed by atoms with E-state index < -0.39 is 0 Å². The summed E-state index contributed by atoms with van der Waals surface area (Å²) in [7, 11) is 1.63. The number of benzene rings is 1. The van der Waals surface area contributed by atoms with Crippen molar-refractivity contribution in [1.82, 2.24) is 15.1 Å². The molecule has 6 heteroatoms. The maximum atomic E-state index is 12.5. The lowest BCUT2D eigenvalue weighted by molar-refractivity contribution is 0.0185. The first-order chi connectivity index (χ1) is 11.2. The molecule has 0 aliphatic carbocycles. The Morgan fingerprint density at radius 1 is 1.35 bits per heavy atom. The van der Waals surface area contributed by atoms with Crippen LogP contribution in [0.3, 0.4) is 0 Å². The van der Waals surface area contributed by atoms with Gasteiger partial charge in [0.05, 0.1) is 25.4 Å². The molecule has 23 heavy (non-hydrogen) atoms. The number of ether oxygens (including phenoxy) is 2. The highest BCUT2D eigenvalue weighted by Gasteiger charge is 2.43. The van der Waals surface area contributed by atoms with Gasteiger partial charge in [0.1, 0.15) is 11.4 Å². The second-order valence-corrected chi connectivity index (χ2v) is 6.12. The van der Waals surface area contributed by atoms with Gasteiger partial charge < -0.3 is 14.8 Å². The van der Waals surface area contributed by atoms with E-state index >= 15 is 0 Å². The molecule has 120 valence electrons. The minimum absolute atomic E-state index is 0.0646. The number of hydrogen-bond donors (Lipinski definition) is 1. The van der Waals surface area contributed by atoms with Gasteiger partial charge in [-0.2, -0.15) is 5.10 Å². The van der Waals surface area contributed by atoms with Gasteiger partial charge in [0, 0.05) is 18.9 Å². The first-order valence-corrected chi connectivity index (χ1v) is 7.86. The quantitative estimate of drug-likeness (QED) is 0.918. The number of methoxy groups -OCH3 is 1. The maximum absolute atomic E-state index is 12.5. The molecular formula is C17H19N3O3. The monoisotopic (exact) mass is 313 g/mol. The van der Waals surface area contributed by atoms with Crippen LogP contribution in [0.1, 0.15) is 29.8 Å². The summed E-state index contributed by atoms with van der Waals surface area (Å²) < 4.78 is 13.1. The van der Waals surface area contributed by atoms with Crippen molar-refractivity contribution in [3.05, 3.63) is 36.2 Å². The molecule has 2 aliphatic heterocycles. The number of hydrogen-bond acceptors (Lipinski definition) is 5. The molecule has 0 amide bonds. The smallest absolute Gasteiger partial charge is 0.190 e. The molecule has 0 unspecified atom stereocenters. The zero-order valence-corrected chi connectivity index (χ0v) is 13.0. The van der Waals surface area contributed by atoms with E-state index in [0.717, 1.165) is 37.4 Å². The van der Waals surface area contributed by atoms with Crippen molar-refractivity contribution in [2.75, 3.05) is 20.2 Å². The average molecular weight is 313 g/mol. The van der Waals surface area contributed by atoms with E-state index in [0.29, 0.717) is 17.9 Å². The van der Waals surface area contributed by atoms with Gasteiger partial charge in [-0.05, 0) is 25.2 Å². The number of nitrogens with one attached hydrogen (secondary N) is 1. The number of aromatic nitrogens is 2. The SMILES string of the molecule is COc1cccc(-n2cc3c(n2)C(=O)CC2(CCNCC2)O3)c1. The number of rotatable bonds is 2. The average Bonchev–Trinajstić information content (AvgIpc) is 3.00. The largest absolute Gasteiger partial charge is 0.497 e. The van der Waals surface area contributed by atoms with Gasteiger partial charge in [-0.1, -0.05) is 6.07 Å². The van der Waals surface area contributed by atoms with Crippen LogP contribution < -0.4 is 14.8 Å². The highest BCUT2D eigenvalue weighted by Crippen LogP contribution is 2.38. The van der Waals surface area contributed by atoms with Crippen molar-refractivity contribution in [1.29, 1.82) is 0 Å². The molecule has 0 saturated carbocycles. The van der Waals surface area contributed by atoms with Crippen molar-refractivity contribution >= 4 is 5.78 Å². The number of carbonyl (C=O) groups excluding carboxylic acids is 1. The number of carbonyl (C=O) groups is 1. The number of Topliss-reactive ketones (excluding diaryl/α,β-unsaturated/α-hetero) is 1. The normalized spacial score (nSPS) is 19.3. The summed E-state index contributed by atoms with van der Waals surface area (Å²) in [5.74, 6) is 1.40. The van der Waals surface area contributed by atoms with Crippen LogP contribution in [0.5, 0.6) is 11.5 Å². The Kier molecular flexibility index (Phi) is 3.34. The van der Waals surface area contributed by atoms with Crippen molar-refractivity contribution < 1.29 is 14.3 Å². The van der Waals surface area contributed by atoms with Crippen molar-refractivity contribution in [2.45, 2.75) is 24.9 Å². The van der Waals surface area contributed by atoms with Crippen molar-refractivity contribution in [2.24, 2.45) is 0 Å². The fourth-order valence-electron chi connectivity index (χ4n) is 3.32. The van der Waals surface area contributed by atoms with Gasteiger partial charge in [0.25, 0.3) is 0 Å². The standard InChI is InChI=1S/C17H19N3O3/c1-22-13-4-2-3-12(9-13)20-11-15-16(19-20)14(21)10-17(23-15)5-7-18-8-6-17/h2-4,9,11,18H,5-8,10H2,1H3. The Balaban J connectivity index is 1.69. The van der Waals surface area contributed by atoms with Gasteiger partial charge in [-0.3, -0.25) is 4.79 Å². The third kappa shape index (κ3) is 2.49. The fourth-order valence-corrected chi connectivity index (χ4v) is 3.32. The van der Waals surface area contributed by atoms with Crippen LogP contribution >= 0.6 is 0 Å². The van der Waals surface area contributed by atoms with E-state index in [-0.39, 0.29) is 11.4 Å². The molecule has 6 nitrogen and oxygen atoms in total. The fraction of sp³-hybridized carbons (Fsp3) is 0.412. The minimum atomic E-state index is -0.364. The second kappa shape index (κ2) is 5.38. The van der Waals surface area contributed by atoms with Gasteiger partial charge in [-0.15, -0.1) is 0 Å². The number of nitrogens with zero attached hydrogens (tertiary/aromatic N) is 2. The zero-order valence-electron chi connectivity index (χ0n) is 13.0. The molecule has 3 heterocycles. The van der Waals surface area contributed by atoms with E-state index in [9.17, 15) is 4.79 Å². The van der Waals surface area contributed by atoms with Crippen molar-refractivity contribution in [3.8, 4) is 17.2 Å². The predicted octanol–water partition coefficient (Wildman–Crippen LogP) is 1.97. The zero-order chi connectivity index (χ0) is 15.9. The third-order valence-electron chi connectivity index (χ3n) is 4.59. The van der Waals surface area contributed by atoms with Crippen LogP contribution in [0.25, 0.3) is 5.69 Å². The van der Waals surface area contributed by atoms with E-state index in [1.165, 1.54) is 0 Å². The van der Waals surface area contributed by atoms with Crippen molar-refractivity contribution in [3.63, 3.8) is 0 Å². The summed E-state index contributed by atoms with van der Waals surface area (Å²) in [6.07, 6.45) is 3.91. The Bertz CT molecular complexity index is 747. The topological polar surface area (TPSA) is 65.4 Å². The van der Waals surface area contributed by atoms with Gasteiger partial charge in [0.15, 0.2) is 17.2 Å². The molecule has 0 bridgehead atoms. The molecule has 1 aromatic heterocycles. The summed E-state index contributed by atoms with van der Waals surface area (Å²) in [5, 5.41) is 7.74. The Morgan fingerprint density at radius 2 is 2.17 bits per heavy atom. The van der Waals surface area contributed by atoms with Crippen LogP contribution in [0.2, 0.25) is 0 Å². The van der Waals surface area contributed by atoms with Gasteiger partial charge in [0.2, 0.25) is 0 Å². The molecule has 4 rings (SSSR count). The lowest BCUT2D eigenvalue weighted by Gasteiger charge is -2.39. The lowest BCUT2D eigenvalue weighted by Crippen LogP contribution is -2.49. The van der Waals surface area contributed by atoms with Gasteiger partial charge in [-0.25, -0.2) is 4.68 Å². The highest BCUT2D eigenvalue weighted by molar-refractivity contribution is 5.98. The van der Waals surface area contributed by atoms with Crippen LogP contribution in [-0.4, -0.2) is 41.4 Å². The molecule has 0 atom stereocenters. The Morgan fingerprint density at radius 3 is 2.96 bits per heavy atom. The molecule has 2 aromatic rings. The molecule has 1 fully saturated rings. The van der Waals surface area contributed by atoms with Crippen LogP contribution in [0.15, 0.2) is 30.5 Å². The van der Waals surface area contributed by atoms with Crippen LogP contribution in [0.4, 0.5) is 0 Å². The molecule has 1 aromatic carbocycles. The van der Waals surface area contributed by atoms with E-state index in [4.69, 9.17) is 9.47 Å². The lowest BCUT2D eigenvalue weighted by atomic mass is 9.84. The van der Waals surface area contributed by atoms with Gasteiger partial charge >= 0.3 is 0 Å². The number of piperidine rings is 1. The summed E-state index contributed by atoms with van der Waals surface area (Å²) in [6.45, 7) is 1.76. The second-order valence-electron chi connectivity index (χ2n) is 6.12. The molecule has 0 radical (unpaired) electrons. The van der Waals surface area contributed by atoms with Crippen LogP contribution in [-0.2, 0) is 0 Å². The molecule has 1 spiro atoms. The van der Waals surface area contributed by atoms with E-state index in [1.807, 2.05) is 24.3 Å². The molecular weight excluding hydrogens is 294 g/mol. The summed E-state index contributed by atoms with van der Waals surface area (Å²) in [4.78, 5) is 12.5. The van der Waals surface area contributed by atoms with E-state index in [2.05, 4.69) is 10.4 Å². The molecule has 1 N–H and O–H groups in total. The minimum Gasteiger partial charge on any atom is -0.497 e. The third-order valence-corrected chi connectivity index (χ3v) is 4.59. The number of fused-ring (bicyclic) bond motifs is 1. The summed E-state index contributed by atoms with van der Waals surface area (Å²) in [5.41, 5.74) is 0.906. The summed E-state index contributed by atoms with van der Waals surface area (Å²) in [6, 6.07) is 7.57. The molecule has 2 aliphatic rings. The number of ketones is 1. The summed E-state index contributed by atoms with van der Waals surface area (Å²) >= 11 is 0. The Hall–Kier alpha value is -2.34. The molecule has 1 saturated heterocycles.